The number of benzene rings is 1. The van der Waals surface area contributed by atoms with Crippen LogP contribution in [0.2, 0.25) is 0 Å². The van der Waals surface area contributed by atoms with E-state index < -0.39 is 22.6 Å². The third-order valence-corrected chi connectivity index (χ3v) is 4.27. The topological polar surface area (TPSA) is 79.8 Å². The average Bonchev–Trinajstić information content (AvgIpc) is 2.54. The van der Waals surface area contributed by atoms with Crippen LogP contribution in [0.25, 0.3) is 0 Å². The smallest absolute Gasteiger partial charge is 0.422 e. The molecular weight excluding hydrogens is 498 g/mol. The van der Waals surface area contributed by atoms with Gasteiger partial charge in [-0.05, 0) is 31.0 Å². The molecule has 0 saturated heterocycles. The van der Waals surface area contributed by atoms with Crippen molar-refractivity contribution in [2.45, 2.75) is 32.1 Å². The fraction of sp³-hybridized carbons (Fsp3) is 0.562. The van der Waals surface area contributed by atoms with Gasteiger partial charge in [0.05, 0.1) is 5.75 Å². The lowest BCUT2D eigenvalue weighted by Gasteiger charge is -2.18. The summed E-state index contributed by atoms with van der Waals surface area (Å²) < 4.78 is 63.7. The van der Waals surface area contributed by atoms with Gasteiger partial charge in [-0.1, -0.05) is 12.1 Å². The normalized spacial score (nSPS) is 13.5. The van der Waals surface area contributed by atoms with E-state index >= 15 is 0 Å². The van der Waals surface area contributed by atoms with E-state index in [4.69, 9.17) is 4.74 Å². The molecule has 1 unspecified atom stereocenters. The summed E-state index contributed by atoms with van der Waals surface area (Å²) in [5.74, 6) is 0.662. The van der Waals surface area contributed by atoms with Gasteiger partial charge in [0.15, 0.2) is 12.6 Å². The van der Waals surface area contributed by atoms with E-state index in [-0.39, 0.29) is 41.5 Å². The molecule has 0 aliphatic rings. The molecule has 1 rings (SSSR count). The second-order valence-corrected chi connectivity index (χ2v) is 8.20. The Labute approximate surface area is 174 Å². The van der Waals surface area contributed by atoms with Crippen LogP contribution < -0.4 is 15.4 Å². The van der Waals surface area contributed by atoms with E-state index in [1.54, 1.807) is 19.2 Å². The van der Waals surface area contributed by atoms with Crippen LogP contribution in [0.1, 0.15) is 18.9 Å². The van der Waals surface area contributed by atoms with E-state index in [2.05, 4.69) is 15.6 Å². The van der Waals surface area contributed by atoms with Crippen molar-refractivity contribution in [1.29, 1.82) is 0 Å². The number of sulfone groups is 1. The van der Waals surface area contributed by atoms with Crippen LogP contribution in [0, 0.1) is 0 Å². The highest BCUT2D eigenvalue weighted by Crippen LogP contribution is 2.19. The van der Waals surface area contributed by atoms with Crippen LogP contribution in [0.5, 0.6) is 5.75 Å². The van der Waals surface area contributed by atoms with Crippen molar-refractivity contribution in [3.8, 4) is 5.75 Å². The van der Waals surface area contributed by atoms with E-state index in [1.165, 1.54) is 18.4 Å². The first kappa shape index (κ1) is 25.8. The van der Waals surface area contributed by atoms with Crippen LogP contribution in [0.3, 0.4) is 0 Å². The minimum Gasteiger partial charge on any atom is -0.484 e. The molecule has 1 aromatic carbocycles. The number of hydrogen-bond acceptors (Lipinski definition) is 4. The number of guanidine groups is 1. The first-order valence-electron chi connectivity index (χ1n) is 7.92. The highest BCUT2D eigenvalue weighted by molar-refractivity contribution is 14.0. The molecule has 0 radical (unpaired) electrons. The summed E-state index contributed by atoms with van der Waals surface area (Å²) in [6, 6.07) is 6.20. The summed E-state index contributed by atoms with van der Waals surface area (Å²) in [6.45, 7) is 0.816. The van der Waals surface area contributed by atoms with Crippen molar-refractivity contribution in [3.63, 3.8) is 0 Å². The highest BCUT2D eigenvalue weighted by Gasteiger charge is 2.28. The van der Waals surface area contributed by atoms with Gasteiger partial charge < -0.3 is 15.4 Å². The van der Waals surface area contributed by atoms with E-state index in [0.29, 0.717) is 18.9 Å². The predicted molar refractivity (Wildman–Crippen MR) is 111 cm³/mol. The summed E-state index contributed by atoms with van der Waals surface area (Å²) in [6.07, 6.45) is -2.77. The molecule has 0 saturated carbocycles. The molecule has 1 aromatic rings. The molecule has 2 N–H and O–H groups in total. The Morgan fingerprint density at radius 1 is 1.33 bits per heavy atom. The average molecular weight is 523 g/mol. The van der Waals surface area contributed by atoms with Crippen LogP contribution in [0.4, 0.5) is 13.2 Å². The molecule has 27 heavy (non-hydrogen) atoms. The van der Waals surface area contributed by atoms with Crippen LogP contribution in [0.15, 0.2) is 29.3 Å². The molecule has 156 valence electrons. The number of aliphatic imine (C=N–C) groups is 1. The Morgan fingerprint density at radius 2 is 2.00 bits per heavy atom. The number of nitrogens with one attached hydrogen (secondary N) is 2. The predicted octanol–water partition coefficient (Wildman–Crippen LogP) is 2.73. The fourth-order valence-corrected chi connectivity index (χ4v) is 2.77. The van der Waals surface area contributed by atoms with Gasteiger partial charge in [-0.25, -0.2) is 8.42 Å². The maximum atomic E-state index is 12.2. The standard InChI is InChI=1S/C16H24F3N3O3S.HI/c1-12(7-8-26(3,23)24)22-15(20-2)21-10-13-5-4-6-14(9-13)25-11-16(17,18)19;/h4-6,9,12H,7-8,10-11H2,1-3H3,(H2,20,21,22);1H. The summed E-state index contributed by atoms with van der Waals surface area (Å²) in [5.41, 5.74) is 0.719. The summed E-state index contributed by atoms with van der Waals surface area (Å²) in [4.78, 5) is 4.04. The summed E-state index contributed by atoms with van der Waals surface area (Å²) in [5, 5.41) is 6.09. The fourth-order valence-electron chi connectivity index (χ4n) is 1.99. The minimum atomic E-state index is -4.39. The minimum absolute atomic E-state index is 0. The van der Waals surface area contributed by atoms with Crippen molar-refractivity contribution < 1.29 is 26.3 Å². The number of nitrogens with zero attached hydrogens (tertiary/aromatic N) is 1. The molecule has 0 aliphatic carbocycles. The maximum Gasteiger partial charge on any atom is 0.422 e. The summed E-state index contributed by atoms with van der Waals surface area (Å²) >= 11 is 0. The first-order valence-corrected chi connectivity index (χ1v) is 9.98. The third kappa shape index (κ3) is 12.7. The molecule has 0 bridgehead atoms. The second-order valence-electron chi connectivity index (χ2n) is 5.94. The molecule has 0 heterocycles. The van der Waals surface area contributed by atoms with Gasteiger partial charge in [0.2, 0.25) is 0 Å². The molecule has 11 heteroatoms. The Balaban J connectivity index is 0.00000676. The SMILES string of the molecule is CN=C(NCc1cccc(OCC(F)(F)F)c1)NC(C)CCS(C)(=O)=O.I. The number of ether oxygens (including phenoxy) is 1. The van der Waals surface area contributed by atoms with Crippen molar-refractivity contribution in [1.82, 2.24) is 10.6 Å². The van der Waals surface area contributed by atoms with Crippen molar-refractivity contribution in [2.24, 2.45) is 4.99 Å². The number of hydrogen-bond donors (Lipinski definition) is 2. The maximum absolute atomic E-state index is 12.2. The highest BCUT2D eigenvalue weighted by atomic mass is 127. The van der Waals surface area contributed by atoms with Gasteiger partial charge >= 0.3 is 6.18 Å². The molecule has 0 aromatic heterocycles. The molecule has 1 atom stereocenters. The monoisotopic (exact) mass is 523 g/mol. The Kier molecular flexibility index (Phi) is 11.0. The van der Waals surface area contributed by atoms with Gasteiger partial charge in [0, 0.05) is 25.9 Å². The molecule has 0 spiro atoms. The third-order valence-electron chi connectivity index (χ3n) is 3.29. The molecule has 6 nitrogen and oxygen atoms in total. The zero-order chi connectivity index (χ0) is 19.8. The molecule has 0 fully saturated rings. The first-order chi connectivity index (χ1) is 12.0. The van der Waals surface area contributed by atoms with Gasteiger partial charge in [-0.15, -0.1) is 24.0 Å². The molecular formula is C16H25F3IN3O3S. The van der Waals surface area contributed by atoms with E-state index in [9.17, 15) is 21.6 Å². The van der Waals surface area contributed by atoms with Crippen LogP contribution >= 0.6 is 24.0 Å². The zero-order valence-corrected chi connectivity index (χ0v) is 18.5. The van der Waals surface area contributed by atoms with Gasteiger partial charge in [-0.3, -0.25) is 4.99 Å². The Hall–Kier alpha value is -1.24. The van der Waals surface area contributed by atoms with E-state index in [1.807, 2.05) is 6.92 Å². The lowest BCUT2D eigenvalue weighted by molar-refractivity contribution is -0.153. The van der Waals surface area contributed by atoms with Crippen molar-refractivity contribution >= 4 is 39.8 Å². The van der Waals surface area contributed by atoms with Crippen molar-refractivity contribution in [3.05, 3.63) is 29.8 Å². The quantitative estimate of drug-likeness (QED) is 0.311. The van der Waals surface area contributed by atoms with Gasteiger partial charge in [0.1, 0.15) is 15.6 Å². The van der Waals surface area contributed by atoms with Crippen LogP contribution in [-0.4, -0.2) is 52.3 Å². The lowest BCUT2D eigenvalue weighted by atomic mass is 10.2. The van der Waals surface area contributed by atoms with Crippen molar-refractivity contribution in [2.75, 3.05) is 25.7 Å². The largest absolute Gasteiger partial charge is 0.484 e. The molecule has 0 amide bonds. The number of alkyl halides is 3. The molecule has 0 aliphatic heterocycles. The summed E-state index contributed by atoms with van der Waals surface area (Å²) in [7, 11) is -1.46. The number of halogens is 4. The van der Waals surface area contributed by atoms with Gasteiger partial charge in [-0.2, -0.15) is 13.2 Å². The Bertz CT molecular complexity index is 712. The number of rotatable bonds is 8. The van der Waals surface area contributed by atoms with Gasteiger partial charge in [0.25, 0.3) is 0 Å². The van der Waals surface area contributed by atoms with E-state index in [0.717, 1.165) is 5.56 Å². The lowest BCUT2D eigenvalue weighted by Crippen LogP contribution is -2.42. The Morgan fingerprint density at radius 3 is 2.56 bits per heavy atom. The zero-order valence-electron chi connectivity index (χ0n) is 15.3. The second kappa shape index (κ2) is 11.6. The van der Waals surface area contributed by atoms with Crippen LogP contribution in [-0.2, 0) is 16.4 Å².